The Kier molecular flexibility index (Phi) is 4.16. The van der Waals surface area contributed by atoms with Crippen molar-refractivity contribution in [1.29, 1.82) is 0 Å². The van der Waals surface area contributed by atoms with E-state index >= 15 is 0 Å². The molecule has 2 aromatic heterocycles. The fraction of sp³-hybridized carbons (Fsp3) is 0.250. The minimum Gasteiger partial charge on any atom is -0.376 e. The van der Waals surface area contributed by atoms with Crippen molar-refractivity contribution in [3.8, 4) is 0 Å². The number of hydrogen-bond donors (Lipinski definition) is 2. The van der Waals surface area contributed by atoms with Crippen molar-refractivity contribution in [2.24, 2.45) is 0 Å². The second-order valence-electron chi connectivity index (χ2n) is 4.05. The third-order valence-electron chi connectivity index (χ3n) is 2.68. The average Bonchev–Trinajstić information content (AvgIpc) is 2.92. The molecular formula is C12H14BrN5O. The second kappa shape index (κ2) is 5.83. The minimum absolute atomic E-state index is 0.0199. The van der Waals surface area contributed by atoms with E-state index in [2.05, 4.69) is 43.1 Å². The van der Waals surface area contributed by atoms with E-state index in [1.54, 1.807) is 24.7 Å². The number of nitrogens with one attached hydrogen (secondary N) is 2. The summed E-state index contributed by atoms with van der Waals surface area (Å²) in [5.41, 5.74) is 1.46. The molecule has 7 heteroatoms. The SMILES string of the molecule is C=CCn1ncc(NC(C)c2cn[nH]c2)c(Br)c1=O. The molecule has 0 radical (unpaired) electrons. The maximum absolute atomic E-state index is 12.0. The van der Waals surface area contributed by atoms with Crippen molar-refractivity contribution >= 4 is 21.6 Å². The van der Waals surface area contributed by atoms with E-state index in [9.17, 15) is 4.79 Å². The monoisotopic (exact) mass is 323 g/mol. The number of aromatic amines is 1. The van der Waals surface area contributed by atoms with Crippen LogP contribution in [0.15, 0.2) is 40.5 Å². The first-order chi connectivity index (χ1) is 9.13. The Morgan fingerprint density at radius 1 is 1.63 bits per heavy atom. The third kappa shape index (κ3) is 2.93. The van der Waals surface area contributed by atoms with Crippen molar-refractivity contribution in [2.75, 3.05) is 5.32 Å². The van der Waals surface area contributed by atoms with Gasteiger partial charge in [-0.1, -0.05) is 6.08 Å². The molecule has 0 aliphatic rings. The third-order valence-corrected chi connectivity index (χ3v) is 3.44. The summed E-state index contributed by atoms with van der Waals surface area (Å²) in [5.74, 6) is 0. The summed E-state index contributed by atoms with van der Waals surface area (Å²) < 4.78 is 1.80. The summed E-state index contributed by atoms with van der Waals surface area (Å²) in [6.07, 6.45) is 6.78. The van der Waals surface area contributed by atoms with Gasteiger partial charge in [0.2, 0.25) is 0 Å². The van der Waals surface area contributed by atoms with Gasteiger partial charge in [-0.2, -0.15) is 10.2 Å². The van der Waals surface area contributed by atoms with Crippen LogP contribution in [0, 0.1) is 0 Å². The summed E-state index contributed by atoms with van der Waals surface area (Å²) in [6.45, 7) is 5.95. The number of aromatic nitrogens is 4. The van der Waals surface area contributed by atoms with Crippen LogP contribution in [0.4, 0.5) is 5.69 Å². The zero-order valence-electron chi connectivity index (χ0n) is 10.4. The molecule has 2 aromatic rings. The molecular weight excluding hydrogens is 310 g/mol. The highest BCUT2D eigenvalue weighted by Crippen LogP contribution is 2.22. The van der Waals surface area contributed by atoms with Gasteiger partial charge in [-0.15, -0.1) is 6.58 Å². The first-order valence-corrected chi connectivity index (χ1v) is 6.54. The maximum Gasteiger partial charge on any atom is 0.283 e. The Morgan fingerprint density at radius 2 is 2.42 bits per heavy atom. The molecule has 0 fully saturated rings. The van der Waals surface area contributed by atoms with Crippen LogP contribution in [-0.4, -0.2) is 20.0 Å². The van der Waals surface area contributed by atoms with Crippen molar-refractivity contribution in [2.45, 2.75) is 19.5 Å². The smallest absolute Gasteiger partial charge is 0.283 e. The number of H-pyrrole nitrogens is 1. The summed E-state index contributed by atoms with van der Waals surface area (Å²) in [6, 6.07) is 0.0199. The fourth-order valence-corrected chi connectivity index (χ4v) is 2.05. The molecule has 2 N–H and O–H groups in total. The number of nitrogens with zero attached hydrogens (tertiary/aromatic N) is 3. The summed E-state index contributed by atoms with van der Waals surface area (Å²) in [7, 11) is 0. The topological polar surface area (TPSA) is 75.6 Å². The number of allylic oxidation sites excluding steroid dienone is 1. The van der Waals surface area contributed by atoms with Crippen LogP contribution in [0.25, 0.3) is 0 Å². The Hall–Kier alpha value is -1.89. The van der Waals surface area contributed by atoms with Gasteiger partial charge in [-0.3, -0.25) is 9.89 Å². The Labute approximate surface area is 118 Å². The van der Waals surface area contributed by atoms with Crippen LogP contribution >= 0.6 is 15.9 Å². The standard InChI is InChI=1S/C12H14BrN5O/c1-3-4-18-12(19)11(13)10(7-16-18)17-8(2)9-5-14-15-6-9/h3,5-8,17H,1,4H2,2H3,(H,14,15). The van der Waals surface area contributed by atoms with Crippen LogP contribution in [-0.2, 0) is 6.54 Å². The van der Waals surface area contributed by atoms with Gasteiger partial charge < -0.3 is 5.32 Å². The molecule has 0 amide bonds. The average molecular weight is 324 g/mol. The number of anilines is 1. The molecule has 19 heavy (non-hydrogen) atoms. The second-order valence-corrected chi connectivity index (χ2v) is 4.84. The van der Waals surface area contributed by atoms with E-state index in [4.69, 9.17) is 0 Å². The molecule has 1 unspecified atom stereocenters. The highest BCUT2D eigenvalue weighted by molar-refractivity contribution is 9.10. The number of halogens is 1. The van der Waals surface area contributed by atoms with E-state index in [0.29, 0.717) is 16.7 Å². The highest BCUT2D eigenvalue weighted by Gasteiger charge is 2.12. The van der Waals surface area contributed by atoms with Crippen LogP contribution in [0.2, 0.25) is 0 Å². The van der Waals surface area contributed by atoms with Gasteiger partial charge in [0.25, 0.3) is 5.56 Å². The molecule has 0 aliphatic carbocycles. The van der Waals surface area contributed by atoms with E-state index < -0.39 is 0 Å². The molecule has 0 aliphatic heterocycles. The number of hydrogen-bond acceptors (Lipinski definition) is 4. The Bertz CT molecular complexity index is 620. The highest BCUT2D eigenvalue weighted by atomic mass is 79.9. The first-order valence-electron chi connectivity index (χ1n) is 5.75. The summed E-state index contributed by atoms with van der Waals surface area (Å²) in [5, 5.41) is 13.9. The molecule has 0 saturated carbocycles. The lowest BCUT2D eigenvalue weighted by Gasteiger charge is -2.15. The van der Waals surface area contributed by atoms with Gasteiger partial charge in [0, 0.05) is 11.8 Å². The van der Waals surface area contributed by atoms with Crippen molar-refractivity contribution < 1.29 is 0 Å². The first kappa shape index (κ1) is 13.5. The Morgan fingerprint density at radius 3 is 3.05 bits per heavy atom. The quantitative estimate of drug-likeness (QED) is 0.826. The molecule has 2 rings (SSSR count). The lowest BCUT2D eigenvalue weighted by Crippen LogP contribution is -2.24. The zero-order chi connectivity index (χ0) is 13.8. The van der Waals surface area contributed by atoms with Gasteiger partial charge >= 0.3 is 0 Å². The van der Waals surface area contributed by atoms with Crippen LogP contribution in [0.1, 0.15) is 18.5 Å². The minimum atomic E-state index is -0.190. The molecule has 0 aromatic carbocycles. The van der Waals surface area contributed by atoms with Gasteiger partial charge in [0.1, 0.15) is 4.47 Å². The molecule has 0 bridgehead atoms. The molecule has 0 saturated heterocycles. The predicted octanol–water partition coefficient (Wildman–Crippen LogP) is 2.09. The molecule has 1 atom stereocenters. The summed E-state index contributed by atoms with van der Waals surface area (Å²) >= 11 is 3.30. The van der Waals surface area contributed by atoms with E-state index in [1.165, 1.54) is 4.68 Å². The predicted molar refractivity (Wildman–Crippen MR) is 77.0 cm³/mol. The van der Waals surface area contributed by atoms with E-state index in [-0.39, 0.29) is 11.6 Å². The molecule has 6 nitrogen and oxygen atoms in total. The van der Waals surface area contributed by atoms with Gasteiger partial charge in [-0.05, 0) is 22.9 Å². The molecule has 100 valence electrons. The van der Waals surface area contributed by atoms with Crippen LogP contribution in [0.5, 0.6) is 0 Å². The molecule has 2 heterocycles. The lowest BCUT2D eigenvalue weighted by atomic mass is 10.2. The van der Waals surface area contributed by atoms with Gasteiger partial charge in [0.15, 0.2) is 0 Å². The summed E-state index contributed by atoms with van der Waals surface area (Å²) in [4.78, 5) is 12.0. The fourth-order valence-electron chi connectivity index (χ4n) is 1.63. The van der Waals surface area contributed by atoms with Gasteiger partial charge in [0.05, 0.1) is 30.7 Å². The number of rotatable bonds is 5. The normalized spacial score (nSPS) is 12.1. The maximum atomic E-state index is 12.0. The van der Waals surface area contributed by atoms with Gasteiger partial charge in [-0.25, -0.2) is 4.68 Å². The Balaban J connectivity index is 2.24. The van der Waals surface area contributed by atoms with Crippen molar-refractivity contribution in [3.05, 3.63) is 51.6 Å². The van der Waals surface area contributed by atoms with E-state index in [0.717, 1.165) is 5.56 Å². The van der Waals surface area contributed by atoms with E-state index in [1.807, 2.05) is 6.92 Å². The van der Waals surface area contributed by atoms with Crippen LogP contribution in [0.3, 0.4) is 0 Å². The molecule has 0 spiro atoms. The largest absolute Gasteiger partial charge is 0.376 e. The van der Waals surface area contributed by atoms with Crippen LogP contribution < -0.4 is 10.9 Å². The van der Waals surface area contributed by atoms with Crippen molar-refractivity contribution in [1.82, 2.24) is 20.0 Å². The zero-order valence-corrected chi connectivity index (χ0v) is 12.0. The lowest BCUT2D eigenvalue weighted by molar-refractivity contribution is 0.648. The van der Waals surface area contributed by atoms with Crippen molar-refractivity contribution in [3.63, 3.8) is 0 Å².